The largest absolute Gasteiger partial charge is 0.486 e. The number of nitrogens with one attached hydrogen (secondary N) is 1. The van der Waals surface area contributed by atoms with Gasteiger partial charge in [-0.1, -0.05) is 19.9 Å². The van der Waals surface area contributed by atoms with E-state index in [1.807, 2.05) is 6.07 Å². The smallest absolute Gasteiger partial charge is 0.127 e. The second-order valence-electron chi connectivity index (χ2n) is 5.35. The Morgan fingerprint density at radius 2 is 2.21 bits per heavy atom. The molecule has 19 heavy (non-hydrogen) atoms. The molecule has 2 rings (SSSR count). The Bertz CT molecular complexity index is 442. The van der Waals surface area contributed by atoms with Gasteiger partial charge in [-0.15, -0.1) is 0 Å². The molecule has 0 saturated carbocycles. The molecule has 1 aromatic carbocycles. The second-order valence-corrected chi connectivity index (χ2v) is 5.35. The van der Waals surface area contributed by atoms with Crippen LogP contribution in [0.1, 0.15) is 38.7 Å². The van der Waals surface area contributed by atoms with Gasteiger partial charge in [0, 0.05) is 18.7 Å². The molecule has 0 heterocycles. The van der Waals surface area contributed by atoms with Crippen LogP contribution in [0.4, 0.5) is 4.39 Å². The maximum atomic E-state index is 13.6. The van der Waals surface area contributed by atoms with Gasteiger partial charge in [-0.05, 0) is 43.0 Å². The molecule has 0 fully saturated rings. The van der Waals surface area contributed by atoms with Crippen LogP contribution in [0.25, 0.3) is 0 Å². The predicted octanol–water partition coefficient (Wildman–Crippen LogP) is 3.81. The number of benzene rings is 1. The Labute approximate surface area is 114 Å². The van der Waals surface area contributed by atoms with Gasteiger partial charge in [0.05, 0.1) is 0 Å². The van der Waals surface area contributed by atoms with E-state index in [0.29, 0.717) is 18.3 Å². The van der Waals surface area contributed by atoms with E-state index in [4.69, 9.17) is 4.74 Å². The van der Waals surface area contributed by atoms with Gasteiger partial charge in [-0.3, -0.25) is 0 Å². The summed E-state index contributed by atoms with van der Waals surface area (Å²) in [5.41, 5.74) is 0.920. The van der Waals surface area contributed by atoms with Crippen molar-refractivity contribution in [2.24, 2.45) is 0 Å². The molecule has 3 heteroatoms. The van der Waals surface area contributed by atoms with Crippen molar-refractivity contribution in [1.82, 2.24) is 5.32 Å². The molecule has 0 saturated heterocycles. The van der Waals surface area contributed by atoms with Crippen LogP contribution in [-0.2, 0) is 6.54 Å². The van der Waals surface area contributed by atoms with Crippen LogP contribution in [0.15, 0.2) is 30.4 Å². The van der Waals surface area contributed by atoms with Crippen molar-refractivity contribution in [2.75, 3.05) is 0 Å². The summed E-state index contributed by atoms with van der Waals surface area (Å²) in [6, 6.07) is 5.31. The molecule has 0 amide bonds. The van der Waals surface area contributed by atoms with Gasteiger partial charge in [-0.25, -0.2) is 4.39 Å². The Balaban J connectivity index is 2.03. The summed E-state index contributed by atoms with van der Waals surface area (Å²) in [5.74, 6) is 0.384. The highest BCUT2D eigenvalue weighted by atomic mass is 19.1. The maximum Gasteiger partial charge on any atom is 0.127 e. The van der Waals surface area contributed by atoms with Crippen LogP contribution in [-0.4, -0.2) is 12.1 Å². The fourth-order valence-electron chi connectivity index (χ4n) is 2.17. The van der Waals surface area contributed by atoms with Gasteiger partial charge >= 0.3 is 0 Å². The van der Waals surface area contributed by atoms with Crippen LogP contribution in [0.2, 0.25) is 0 Å². The number of allylic oxidation sites excluding steroid dienone is 1. The minimum Gasteiger partial charge on any atom is -0.486 e. The SMILES string of the molecule is CC(C)NCc1cc(F)cc(OC2C=CCCC2)c1. The molecule has 104 valence electrons. The Hall–Kier alpha value is -1.35. The second kappa shape index (κ2) is 6.71. The van der Waals surface area contributed by atoms with Gasteiger partial charge in [0.2, 0.25) is 0 Å². The lowest BCUT2D eigenvalue weighted by atomic mass is 10.1. The Morgan fingerprint density at radius 1 is 1.37 bits per heavy atom. The Morgan fingerprint density at radius 3 is 2.89 bits per heavy atom. The summed E-state index contributed by atoms with van der Waals surface area (Å²) in [4.78, 5) is 0. The number of hydrogen-bond donors (Lipinski definition) is 1. The molecule has 1 aromatic rings. The molecule has 1 atom stereocenters. The van der Waals surface area contributed by atoms with E-state index in [-0.39, 0.29) is 11.9 Å². The molecule has 1 N–H and O–H groups in total. The average Bonchev–Trinajstić information content (AvgIpc) is 2.37. The van der Waals surface area contributed by atoms with Gasteiger partial charge in [0.15, 0.2) is 0 Å². The fourth-order valence-corrected chi connectivity index (χ4v) is 2.17. The zero-order chi connectivity index (χ0) is 13.7. The molecule has 0 bridgehead atoms. The van der Waals surface area contributed by atoms with E-state index in [2.05, 4.69) is 31.3 Å². The minimum absolute atomic E-state index is 0.0847. The van der Waals surface area contributed by atoms with Crippen molar-refractivity contribution in [1.29, 1.82) is 0 Å². The standard InChI is InChI=1S/C16H22FNO/c1-12(2)18-11-13-8-14(17)10-16(9-13)19-15-6-4-3-5-7-15/h4,6,8-10,12,15,18H,3,5,7,11H2,1-2H3. The average molecular weight is 263 g/mol. The third-order valence-corrected chi connectivity index (χ3v) is 3.14. The normalized spacial score (nSPS) is 18.8. The van der Waals surface area contributed by atoms with Gasteiger partial charge in [0.1, 0.15) is 17.7 Å². The van der Waals surface area contributed by atoms with Crippen LogP contribution in [0.5, 0.6) is 5.75 Å². The lowest BCUT2D eigenvalue weighted by Gasteiger charge is -2.19. The number of rotatable bonds is 5. The molecule has 0 aliphatic heterocycles. The molecule has 0 aromatic heterocycles. The van der Waals surface area contributed by atoms with E-state index in [0.717, 1.165) is 24.8 Å². The van der Waals surface area contributed by atoms with E-state index in [1.54, 1.807) is 6.07 Å². The highest BCUT2D eigenvalue weighted by Gasteiger charge is 2.11. The van der Waals surface area contributed by atoms with Crippen molar-refractivity contribution in [3.05, 3.63) is 41.7 Å². The van der Waals surface area contributed by atoms with Crippen molar-refractivity contribution in [3.63, 3.8) is 0 Å². The number of hydrogen-bond acceptors (Lipinski definition) is 2. The first-order valence-corrected chi connectivity index (χ1v) is 6.99. The quantitative estimate of drug-likeness (QED) is 0.816. The van der Waals surface area contributed by atoms with Crippen molar-refractivity contribution in [3.8, 4) is 5.75 Å². The highest BCUT2D eigenvalue weighted by molar-refractivity contribution is 5.30. The lowest BCUT2D eigenvalue weighted by molar-refractivity contribution is 0.228. The zero-order valence-electron chi connectivity index (χ0n) is 11.7. The lowest BCUT2D eigenvalue weighted by Crippen LogP contribution is -2.22. The molecule has 1 aliphatic rings. The molecule has 1 unspecified atom stereocenters. The van der Waals surface area contributed by atoms with Crippen LogP contribution in [0, 0.1) is 5.82 Å². The summed E-state index contributed by atoms with van der Waals surface area (Å²) in [5, 5.41) is 3.28. The van der Waals surface area contributed by atoms with E-state index in [9.17, 15) is 4.39 Å². The van der Waals surface area contributed by atoms with Crippen LogP contribution in [0.3, 0.4) is 0 Å². The topological polar surface area (TPSA) is 21.3 Å². The first-order valence-electron chi connectivity index (χ1n) is 6.99. The predicted molar refractivity (Wildman–Crippen MR) is 75.8 cm³/mol. The van der Waals surface area contributed by atoms with Crippen LogP contribution >= 0.6 is 0 Å². The Kier molecular flexibility index (Phi) is 4.97. The maximum absolute atomic E-state index is 13.6. The molecular formula is C16H22FNO. The molecule has 2 nitrogen and oxygen atoms in total. The molecule has 0 radical (unpaired) electrons. The summed E-state index contributed by atoms with van der Waals surface area (Å²) in [6.07, 6.45) is 7.55. The van der Waals surface area contributed by atoms with Gasteiger partial charge in [-0.2, -0.15) is 0 Å². The van der Waals surface area contributed by atoms with Crippen molar-refractivity contribution < 1.29 is 9.13 Å². The first kappa shape index (κ1) is 14.1. The molecule has 1 aliphatic carbocycles. The van der Waals surface area contributed by atoms with E-state index >= 15 is 0 Å². The third-order valence-electron chi connectivity index (χ3n) is 3.14. The number of ether oxygens (including phenoxy) is 1. The monoisotopic (exact) mass is 263 g/mol. The van der Waals surface area contributed by atoms with Gasteiger partial charge < -0.3 is 10.1 Å². The first-order chi connectivity index (χ1) is 9.13. The summed E-state index contributed by atoms with van der Waals surface area (Å²) in [6.45, 7) is 4.80. The summed E-state index contributed by atoms with van der Waals surface area (Å²) < 4.78 is 19.4. The minimum atomic E-state index is -0.238. The molecular weight excluding hydrogens is 241 g/mol. The van der Waals surface area contributed by atoms with Gasteiger partial charge in [0.25, 0.3) is 0 Å². The van der Waals surface area contributed by atoms with Crippen molar-refractivity contribution >= 4 is 0 Å². The summed E-state index contributed by atoms with van der Waals surface area (Å²) >= 11 is 0. The fraction of sp³-hybridized carbons (Fsp3) is 0.500. The molecule has 0 spiro atoms. The van der Waals surface area contributed by atoms with Crippen molar-refractivity contribution in [2.45, 2.75) is 51.8 Å². The van der Waals surface area contributed by atoms with Crippen LogP contribution < -0.4 is 10.1 Å². The number of halogens is 1. The van der Waals surface area contributed by atoms with E-state index < -0.39 is 0 Å². The highest BCUT2D eigenvalue weighted by Crippen LogP contribution is 2.21. The zero-order valence-corrected chi connectivity index (χ0v) is 11.7. The third kappa shape index (κ3) is 4.67. The van der Waals surface area contributed by atoms with E-state index in [1.165, 1.54) is 6.07 Å². The summed E-state index contributed by atoms with van der Waals surface area (Å²) in [7, 11) is 0.